The van der Waals surface area contributed by atoms with Crippen molar-refractivity contribution in [2.75, 3.05) is 13.1 Å². The van der Waals surface area contributed by atoms with Crippen molar-refractivity contribution in [3.05, 3.63) is 29.3 Å². The van der Waals surface area contributed by atoms with Gasteiger partial charge in [-0.3, -0.25) is 0 Å². The van der Waals surface area contributed by atoms with Crippen LogP contribution in [-0.4, -0.2) is 18.2 Å². The van der Waals surface area contributed by atoms with Gasteiger partial charge in [0, 0.05) is 6.54 Å². The summed E-state index contributed by atoms with van der Waals surface area (Å²) in [7, 11) is 0. The molecule has 0 radical (unpaired) electrons. The molecule has 1 fully saturated rings. The molecule has 1 aliphatic heterocycles. The maximum Gasteiger partial charge on any atom is 0.115 e. The number of hydrogen-bond acceptors (Lipinski definition) is 2. The Kier molecular flexibility index (Phi) is 2.23. The Hall–Kier alpha value is -1.02. The molecule has 2 rings (SSSR count). The van der Waals surface area contributed by atoms with Gasteiger partial charge < -0.3 is 10.4 Å². The van der Waals surface area contributed by atoms with E-state index in [1.54, 1.807) is 6.07 Å². The van der Waals surface area contributed by atoms with Crippen molar-refractivity contribution < 1.29 is 5.11 Å². The number of benzene rings is 1. The molecule has 13 heavy (non-hydrogen) atoms. The van der Waals surface area contributed by atoms with E-state index in [1.165, 1.54) is 17.5 Å². The Labute approximate surface area is 78.6 Å². The number of nitrogens with one attached hydrogen (secondary N) is 1. The second-order valence-corrected chi connectivity index (χ2v) is 3.73. The van der Waals surface area contributed by atoms with Crippen LogP contribution in [0.25, 0.3) is 0 Å². The molecule has 0 aromatic heterocycles. The summed E-state index contributed by atoms with van der Waals surface area (Å²) in [6.07, 6.45) is 1.18. The van der Waals surface area contributed by atoms with Crippen molar-refractivity contribution in [1.29, 1.82) is 0 Å². The van der Waals surface area contributed by atoms with Crippen molar-refractivity contribution in [2.45, 2.75) is 19.3 Å². The highest BCUT2D eigenvalue weighted by Gasteiger charge is 2.18. The zero-order valence-corrected chi connectivity index (χ0v) is 7.88. The summed E-state index contributed by atoms with van der Waals surface area (Å²) in [5, 5.41) is 12.7. The van der Waals surface area contributed by atoms with E-state index in [1.807, 2.05) is 12.1 Å². The molecule has 1 saturated heterocycles. The smallest absolute Gasteiger partial charge is 0.115 e. The lowest BCUT2D eigenvalue weighted by atomic mass is 9.94. The third-order valence-corrected chi connectivity index (χ3v) is 2.76. The Morgan fingerprint density at radius 3 is 3.00 bits per heavy atom. The highest BCUT2D eigenvalue weighted by atomic mass is 16.3. The summed E-state index contributed by atoms with van der Waals surface area (Å²) in [5.41, 5.74) is 2.58. The molecular formula is C11H15NO. The lowest BCUT2D eigenvalue weighted by Crippen LogP contribution is -2.08. The average molecular weight is 177 g/mol. The average Bonchev–Trinajstić information content (AvgIpc) is 2.61. The van der Waals surface area contributed by atoms with Crippen LogP contribution >= 0.6 is 0 Å². The van der Waals surface area contributed by atoms with E-state index in [9.17, 15) is 5.11 Å². The summed E-state index contributed by atoms with van der Waals surface area (Å²) >= 11 is 0. The molecule has 0 saturated carbocycles. The van der Waals surface area contributed by atoms with Gasteiger partial charge in [0.25, 0.3) is 0 Å². The fourth-order valence-corrected chi connectivity index (χ4v) is 1.99. The third-order valence-electron chi connectivity index (χ3n) is 2.76. The van der Waals surface area contributed by atoms with E-state index in [2.05, 4.69) is 12.2 Å². The molecule has 1 aromatic carbocycles. The van der Waals surface area contributed by atoms with E-state index >= 15 is 0 Å². The van der Waals surface area contributed by atoms with Gasteiger partial charge >= 0.3 is 0 Å². The molecular weight excluding hydrogens is 162 g/mol. The SMILES string of the molecule is Cc1ccc(O)cc1[C@@H]1CCNC1. The van der Waals surface area contributed by atoms with Crippen molar-refractivity contribution >= 4 is 0 Å². The Morgan fingerprint density at radius 2 is 2.31 bits per heavy atom. The predicted molar refractivity (Wildman–Crippen MR) is 53.1 cm³/mol. The minimum Gasteiger partial charge on any atom is -0.508 e. The monoisotopic (exact) mass is 177 g/mol. The Morgan fingerprint density at radius 1 is 1.46 bits per heavy atom. The quantitative estimate of drug-likeness (QED) is 0.685. The topological polar surface area (TPSA) is 32.3 Å². The normalized spacial score (nSPS) is 22.1. The molecule has 1 aliphatic rings. The third kappa shape index (κ3) is 1.68. The lowest BCUT2D eigenvalue weighted by Gasteiger charge is -2.12. The van der Waals surface area contributed by atoms with E-state index in [0.29, 0.717) is 11.7 Å². The Balaban J connectivity index is 2.32. The highest BCUT2D eigenvalue weighted by molar-refractivity contribution is 5.37. The second kappa shape index (κ2) is 3.38. The summed E-state index contributed by atoms with van der Waals surface area (Å²) in [6, 6.07) is 5.64. The number of phenolic OH excluding ortho intramolecular Hbond substituents is 1. The predicted octanol–water partition coefficient (Wildman–Crippen LogP) is 1.78. The van der Waals surface area contributed by atoms with Gasteiger partial charge in [0.1, 0.15) is 5.75 Å². The van der Waals surface area contributed by atoms with Crippen molar-refractivity contribution in [3.63, 3.8) is 0 Å². The van der Waals surface area contributed by atoms with Crippen molar-refractivity contribution in [1.82, 2.24) is 5.32 Å². The van der Waals surface area contributed by atoms with Crippen molar-refractivity contribution in [2.24, 2.45) is 0 Å². The van der Waals surface area contributed by atoms with Gasteiger partial charge in [-0.1, -0.05) is 6.07 Å². The molecule has 2 N–H and O–H groups in total. The second-order valence-electron chi connectivity index (χ2n) is 3.73. The van der Waals surface area contributed by atoms with E-state index in [4.69, 9.17) is 0 Å². The van der Waals surface area contributed by atoms with Crippen LogP contribution in [0.5, 0.6) is 5.75 Å². The number of hydrogen-bond donors (Lipinski definition) is 2. The van der Waals surface area contributed by atoms with Crippen LogP contribution in [0.15, 0.2) is 18.2 Å². The molecule has 0 spiro atoms. The zero-order chi connectivity index (χ0) is 9.26. The fraction of sp³-hybridized carbons (Fsp3) is 0.455. The van der Waals surface area contributed by atoms with Gasteiger partial charge in [0.05, 0.1) is 0 Å². The maximum absolute atomic E-state index is 9.38. The Bertz CT molecular complexity index is 303. The van der Waals surface area contributed by atoms with Crippen LogP contribution in [0.3, 0.4) is 0 Å². The fourth-order valence-electron chi connectivity index (χ4n) is 1.99. The first-order chi connectivity index (χ1) is 6.27. The minimum absolute atomic E-state index is 0.382. The van der Waals surface area contributed by atoms with E-state index in [0.717, 1.165) is 13.1 Å². The van der Waals surface area contributed by atoms with Crippen LogP contribution in [0.2, 0.25) is 0 Å². The molecule has 0 bridgehead atoms. The summed E-state index contributed by atoms with van der Waals surface area (Å²) in [6.45, 7) is 4.25. The van der Waals surface area contributed by atoms with Crippen LogP contribution in [0.1, 0.15) is 23.5 Å². The van der Waals surface area contributed by atoms with E-state index in [-0.39, 0.29) is 0 Å². The van der Waals surface area contributed by atoms with Crippen LogP contribution in [0.4, 0.5) is 0 Å². The first-order valence-corrected chi connectivity index (χ1v) is 4.77. The molecule has 1 heterocycles. The molecule has 1 aromatic rings. The van der Waals surface area contributed by atoms with Crippen LogP contribution in [-0.2, 0) is 0 Å². The standard InChI is InChI=1S/C11H15NO/c1-8-2-3-10(13)6-11(8)9-4-5-12-7-9/h2-3,6,9,12-13H,4-5,7H2,1H3/t9-/m1/s1. The minimum atomic E-state index is 0.382. The maximum atomic E-state index is 9.38. The molecule has 70 valence electrons. The molecule has 1 atom stereocenters. The first kappa shape index (κ1) is 8.57. The largest absolute Gasteiger partial charge is 0.508 e. The van der Waals surface area contributed by atoms with E-state index < -0.39 is 0 Å². The summed E-state index contributed by atoms with van der Waals surface area (Å²) in [5.74, 6) is 0.972. The van der Waals surface area contributed by atoms with Gasteiger partial charge in [-0.15, -0.1) is 0 Å². The molecule has 2 nitrogen and oxygen atoms in total. The van der Waals surface area contributed by atoms with Gasteiger partial charge in [0.15, 0.2) is 0 Å². The van der Waals surface area contributed by atoms with Gasteiger partial charge in [-0.2, -0.15) is 0 Å². The summed E-state index contributed by atoms with van der Waals surface area (Å²) in [4.78, 5) is 0. The number of rotatable bonds is 1. The molecule has 0 amide bonds. The first-order valence-electron chi connectivity index (χ1n) is 4.77. The molecule has 0 aliphatic carbocycles. The number of aryl methyl sites for hydroxylation is 1. The van der Waals surface area contributed by atoms with Gasteiger partial charge in [-0.05, 0) is 49.1 Å². The van der Waals surface area contributed by atoms with Crippen molar-refractivity contribution in [3.8, 4) is 5.75 Å². The molecule has 0 unspecified atom stereocenters. The van der Waals surface area contributed by atoms with Gasteiger partial charge in [-0.25, -0.2) is 0 Å². The number of aromatic hydroxyl groups is 1. The van der Waals surface area contributed by atoms with Crippen LogP contribution < -0.4 is 5.32 Å². The molecule has 2 heteroatoms. The number of phenols is 1. The lowest BCUT2D eigenvalue weighted by molar-refractivity contribution is 0.473. The zero-order valence-electron chi connectivity index (χ0n) is 7.88. The van der Waals surface area contributed by atoms with Gasteiger partial charge in [0.2, 0.25) is 0 Å². The van der Waals surface area contributed by atoms with Crippen LogP contribution in [0, 0.1) is 6.92 Å². The highest BCUT2D eigenvalue weighted by Crippen LogP contribution is 2.27. The summed E-state index contributed by atoms with van der Waals surface area (Å²) < 4.78 is 0.